The molecule has 0 unspecified atom stereocenters. The predicted octanol–water partition coefficient (Wildman–Crippen LogP) is 2.71. The van der Waals surface area contributed by atoms with Gasteiger partial charge in [0.25, 0.3) is 0 Å². The van der Waals surface area contributed by atoms with Crippen LogP contribution in [0.4, 0.5) is 15.1 Å². The number of hydrogen-bond donors (Lipinski definition) is 2. The summed E-state index contributed by atoms with van der Waals surface area (Å²) in [4.78, 5) is 22.2. The Balaban J connectivity index is 1.50. The lowest BCUT2D eigenvalue weighted by Crippen LogP contribution is -2.52. The number of aliphatic hydroxyl groups is 1. The van der Waals surface area contributed by atoms with E-state index in [-0.39, 0.29) is 24.1 Å². The maximum absolute atomic E-state index is 14.3. The molecule has 1 saturated heterocycles. The zero-order valence-corrected chi connectivity index (χ0v) is 17.6. The monoisotopic (exact) mass is 428 g/mol. The van der Waals surface area contributed by atoms with Crippen molar-refractivity contribution >= 4 is 17.6 Å². The summed E-state index contributed by atoms with van der Waals surface area (Å²) in [7, 11) is 0. The third-order valence-electron chi connectivity index (χ3n) is 4.94. The van der Waals surface area contributed by atoms with E-state index < -0.39 is 23.6 Å². The molecule has 0 spiro atoms. The predicted molar refractivity (Wildman–Crippen MR) is 112 cm³/mol. The number of likely N-dealkylation sites (tertiary alicyclic amines) is 1. The van der Waals surface area contributed by atoms with Gasteiger partial charge < -0.3 is 20.1 Å². The molecule has 0 radical (unpaired) electrons. The van der Waals surface area contributed by atoms with Gasteiger partial charge in [0, 0.05) is 18.8 Å². The van der Waals surface area contributed by atoms with Crippen LogP contribution in [0.3, 0.4) is 0 Å². The number of nitrogens with one attached hydrogen (secondary N) is 1. The molecule has 0 saturated carbocycles. The molecule has 1 aliphatic heterocycles. The highest BCUT2D eigenvalue weighted by molar-refractivity contribution is 5.68. The van der Waals surface area contributed by atoms with Crippen LogP contribution >= 0.6 is 0 Å². The highest BCUT2D eigenvalue weighted by atomic mass is 19.1. The van der Waals surface area contributed by atoms with Crippen LogP contribution < -0.4 is 5.32 Å². The van der Waals surface area contributed by atoms with E-state index >= 15 is 0 Å². The van der Waals surface area contributed by atoms with E-state index in [4.69, 9.17) is 4.74 Å². The second kappa shape index (κ2) is 8.10. The van der Waals surface area contributed by atoms with Gasteiger partial charge in [-0.15, -0.1) is 5.10 Å². The average Bonchev–Trinajstić information content (AvgIpc) is 3.05. The first kappa shape index (κ1) is 21.0. The summed E-state index contributed by atoms with van der Waals surface area (Å²) in [5.41, 5.74) is 0.708. The lowest BCUT2D eigenvalue weighted by atomic mass is 10.0. The first-order chi connectivity index (χ1) is 14.7. The van der Waals surface area contributed by atoms with Gasteiger partial charge in [-0.05, 0) is 39.3 Å². The van der Waals surface area contributed by atoms with Crippen molar-refractivity contribution in [2.45, 2.75) is 44.9 Å². The highest BCUT2D eigenvalue weighted by Gasteiger charge is 2.33. The minimum atomic E-state index is -0.836. The maximum Gasteiger partial charge on any atom is 0.410 e. The molecule has 31 heavy (non-hydrogen) atoms. The maximum atomic E-state index is 14.3. The molecule has 1 amide bonds. The summed E-state index contributed by atoms with van der Waals surface area (Å²) >= 11 is 0. The Morgan fingerprint density at radius 3 is 2.81 bits per heavy atom. The number of nitrogens with zero attached hydrogens (tertiary/aromatic N) is 5. The first-order valence-corrected chi connectivity index (χ1v) is 10.1. The number of carbonyl (C=O) groups is 1. The molecule has 1 aliphatic rings. The number of β-amino-alcohol motifs (C(OH)–C–C–N with tert-alkyl or cyclic N) is 1. The Bertz CT molecular complexity index is 1080. The number of hydrogen-bond acceptors (Lipinski definition) is 7. The summed E-state index contributed by atoms with van der Waals surface area (Å²) < 4.78 is 21.2. The van der Waals surface area contributed by atoms with E-state index in [2.05, 4.69) is 20.4 Å². The number of halogens is 1. The van der Waals surface area contributed by atoms with E-state index in [1.807, 2.05) is 6.07 Å². The van der Waals surface area contributed by atoms with Gasteiger partial charge in [-0.2, -0.15) is 0 Å². The van der Waals surface area contributed by atoms with Gasteiger partial charge >= 0.3 is 6.09 Å². The number of aliphatic hydroxyl groups excluding tert-OH is 1. The van der Waals surface area contributed by atoms with Crippen LogP contribution in [0, 0.1) is 5.82 Å². The molecule has 3 aromatic rings. The normalized spacial score (nSPS) is 19.5. The van der Waals surface area contributed by atoms with Crippen molar-refractivity contribution in [2.75, 3.05) is 18.4 Å². The topological polar surface area (TPSA) is 105 Å². The second-order valence-electron chi connectivity index (χ2n) is 8.50. The summed E-state index contributed by atoms with van der Waals surface area (Å²) in [5, 5.41) is 18.1. The number of piperidine rings is 1. The van der Waals surface area contributed by atoms with E-state index in [0.717, 1.165) is 0 Å². The minimum Gasteiger partial charge on any atom is -0.444 e. The summed E-state index contributed by atoms with van der Waals surface area (Å²) in [6, 6.07) is 6.36. The van der Waals surface area contributed by atoms with Crippen LogP contribution in [0.15, 0.2) is 36.7 Å². The number of fused-ring (bicyclic) bond motifs is 1. The molecule has 1 fully saturated rings. The van der Waals surface area contributed by atoms with E-state index in [1.54, 1.807) is 39.1 Å². The summed E-state index contributed by atoms with van der Waals surface area (Å²) in [5.74, 6) is -0.201. The number of carbonyl (C=O) groups excluding carboxylic acids is 1. The van der Waals surface area contributed by atoms with Crippen molar-refractivity contribution in [2.24, 2.45) is 0 Å². The van der Waals surface area contributed by atoms with Crippen LogP contribution in [-0.2, 0) is 4.74 Å². The van der Waals surface area contributed by atoms with Crippen molar-refractivity contribution in [1.29, 1.82) is 0 Å². The van der Waals surface area contributed by atoms with Crippen LogP contribution in [0.2, 0.25) is 0 Å². The fourth-order valence-corrected chi connectivity index (χ4v) is 3.47. The van der Waals surface area contributed by atoms with Gasteiger partial charge in [0.1, 0.15) is 11.1 Å². The van der Waals surface area contributed by atoms with Gasteiger partial charge in [0.05, 0.1) is 36.3 Å². The van der Waals surface area contributed by atoms with E-state index in [9.17, 15) is 14.3 Å². The minimum absolute atomic E-state index is 0.131. The van der Waals surface area contributed by atoms with Gasteiger partial charge in [0.15, 0.2) is 5.82 Å². The molecule has 0 aliphatic carbocycles. The van der Waals surface area contributed by atoms with Crippen molar-refractivity contribution < 1.29 is 19.0 Å². The summed E-state index contributed by atoms with van der Waals surface area (Å²) in [6.07, 6.45) is 2.21. The molecule has 3 aromatic heterocycles. The number of anilines is 1. The average molecular weight is 428 g/mol. The van der Waals surface area contributed by atoms with Gasteiger partial charge in [-0.25, -0.2) is 18.7 Å². The largest absolute Gasteiger partial charge is 0.444 e. The Morgan fingerprint density at radius 1 is 1.32 bits per heavy atom. The molecule has 9 nitrogen and oxygen atoms in total. The standard InChI is InChI=1S/C21H25FN6O3/c1-21(2,3)31-20(30)27-9-7-15(18(29)12-27)25-19-24-11-17-13(22)10-16(28(17)26-19)14-6-4-5-8-23-14/h4-6,8,10-11,15,18,29H,7,9,12H2,1-3H3,(H,25,26)/t15-,18-/m1/s1. The molecule has 4 heterocycles. The number of pyridine rings is 1. The molecule has 2 atom stereocenters. The molecule has 10 heteroatoms. The van der Waals surface area contributed by atoms with Gasteiger partial charge in [-0.1, -0.05) is 6.07 Å². The second-order valence-corrected chi connectivity index (χ2v) is 8.50. The van der Waals surface area contributed by atoms with Gasteiger partial charge in [0.2, 0.25) is 5.95 Å². The van der Waals surface area contributed by atoms with Crippen LogP contribution in [0.5, 0.6) is 0 Å². The van der Waals surface area contributed by atoms with Crippen LogP contribution in [-0.4, -0.2) is 66.5 Å². The third kappa shape index (κ3) is 4.58. The lowest BCUT2D eigenvalue weighted by Gasteiger charge is -2.36. The van der Waals surface area contributed by atoms with Crippen molar-refractivity contribution in [3.05, 3.63) is 42.5 Å². The Kier molecular flexibility index (Phi) is 5.48. The lowest BCUT2D eigenvalue weighted by molar-refractivity contribution is 0.00113. The fraction of sp³-hybridized carbons (Fsp3) is 0.429. The quantitative estimate of drug-likeness (QED) is 0.661. The van der Waals surface area contributed by atoms with E-state index in [1.165, 1.54) is 21.7 Å². The van der Waals surface area contributed by atoms with Crippen LogP contribution in [0.1, 0.15) is 27.2 Å². The molecule has 2 N–H and O–H groups in total. The van der Waals surface area contributed by atoms with E-state index in [0.29, 0.717) is 24.4 Å². The molecule has 164 valence electrons. The fourth-order valence-electron chi connectivity index (χ4n) is 3.47. The van der Waals surface area contributed by atoms with Crippen molar-refractivity contribution in [1.82, 2.24) is 24.5 Å². The number of aromatic nitrogens is 4. The van der Waals surface area contributed by atoms with Crippen molar-refractivity contribution in [3.8, 4) is 11.4 Å². The number of amides is 1. The van der Waals surface area contributed by atoms with Crippen molar-refractivity contribution in [3.63, 3.8) is 0 Å². The molecule has 4 rings (SSSR count). The Labute approximate surface area is 178 Å². The number of rotatable bonds is 3. The third-order valence-corrected chi connectivity index (χ3v) is 4.94. The molecular formula is C21H25FN6O3. The smallest absolute Gasteiger partial charge is 0.410 e. The highest BCUT2D eigenvalue weighted by Crippen LogP contribution is 2.24. The molecule has 0 bridgehead atoms. The van der Waals surface area contributed by atoms with Gasteiger partial charge in [-0.3, -0.25) is 4.98 Å². The Hall–Kier alpha value is -3.27. The first-order valence-electron chi connectivity index (χ1n) is 10.1. The zero-order valence-electron chi connectivity index (χ0n) is 17.6. The molecular weight excluding hydrogens is 403 g/mol. The molecule has 0 aromatic carbocycles. The SMILES string of the molecule is CC(C)(C)OC(=O)N1CC[C@@H](Nc2ncc3c(F)cc(-c4ccccn4)n3n2)[C@H](O)C1. The summed E-state index contributed by atoms with van der Waals surface area (Å²) in [6.45, 7) is 5.95. The Morgan fingerprint density at radius 2 is 2.13 bits per heavy atom. The zero-order chi connectivity index (χ0) is 22.2. The van der Waals surface area contributed by atoms with Crippen LogP contribution in [0.25, 0.3) is 16.9 Å². The number of ether oxygens (including phenoxy) is 1.